The first kappa shape index (κ1) is 19.6. The number of hydrogen-bond donors (Lipinski definition) is 1. The van der Waals surface area contributed by atoms with Crippen LogP contribution < -0.4 is 0 Å². The minimum Gasteiger partial charge on any atom is -0.323 e. The van der Waals surface area contributed by atoms with Crippen LogP contribution in [0.15, 0.2) is 66.9 Å². The minimum atomic E-state index is 0.430. The number of benzene rings is 2. The molecule has 1 aliphatic rings. The number of H-pyrrole nitrogens is 1. The van der Waals surface area contributed by atoms with Crippen LogP contribution in [0.1, 0.15) is 35.7 Å². The van der Waals surface area contributed by atoms with Gasteiger partial charge in [0.1, 0.15) is 11.5 Å². The molecular formula is C26H26N5. The number of piperidine rings is 1. The van der Waals surface area contributed by atoms with Gasteiger partial charge in [0.15, 0.2) is 5.82 Å². The van der Waals surface area contributed by atoms with Crippen molar-refractivity contribution in [3.8, 4) is 22.6 Å². The lowest BCUT2D eigenvalue weighted by Gasteiger charge is -2.30. The summed E-state index contributed by atoms with van der Waals surface area (Å²) in [5, 5.41) is 8.75. The quantitative estimate of drug-likeness (QED) is 0.504. The van der Waals surface area contributed by atoms with Gasteiger partial charge in [-0.2, -0.15) is 0 Å². The molecule has 1 fully saturated rings. The van der Waals surface area contributed by atoms with Gasteiger partial charge in [0.25, 0.3) is 0 Å². The third kappa shape index (κ3) is 4.57. The zero-order chi connectivity index (χ0) is 21.0. The molecule has 155 valence electrons. The van der Waals surface area contributed by atoms with Gasteiger partial charge < -0.3 is 4.98 Å². The van der Waals surface area contributed by atoms with Crippen LogP contribution in [-0.2, 0) is 6.54 Å². The van der Waals surface area contributed by atoms with E-state index >= 15 is 0 Å². The van der Waals surface area contributed by atoms with Crippen molar-refractivity contribution in [1.29, 1.82) is 0 Å². The SMILES string of the molecule is Cc1ccc(-c2nnc(C3CCN(Cc4ccc(-c5[c]cccc5)cc4)CC3)[nH]2)nc1. The summed E-state index contributed by atoms with van der Waals surface area (Å²) in [7, 11) is 0. The lowest BCUT2D eigenvalue weighted by atomic mass is 9.95. The fourth-order valence-corrected chi connectivity index (χ4v) is 4.17. The molecule has 0 bridgehead atoms. The second-order valence-corrected chi connectivity index (χ2v) is 8.30. The standard InChI is InChI=1S/C26H26N5/c1-19-7-12-24(27-17-19)26-28-25(29-30-26)23-13-15-31(16-14-23)18-20-8-10-22(11-9-20)21-5-3-2-4-6-21/h2-5,7-12,17,23H,13-16,18H2,1H3,(H,28,29,30). The molecule has 0 amide bonds. The molecule has 2 aromatic carbocycles. The van der Waals surface area contributed by atoms with Crippen molar-refractivity contribution >= 4 is 0 Å². The molecule has 5 nitrogen and oxygen atoms in total. The van der Waals surface area contributed by atoms with Crippen molar-refractivity contribution in [3.05, 3.63) is 89.9 Å². The molecule has 0 aliphatic carbocycles. The zero-order valence-corrected chi connectivity index (χ0v) is 17.8. The summed E-state index contributed by atoms with van der Waals surface area (Å²) < 4.78 is 0. The molecule has 2 aromatic heterocycles. The second-order valence-electron chi connectivity index (χ2n) is 8.30. The molecule has 0 saturated carbocycles. The van der Waals surface area contributed by atoms with Crippen molar-refractivity contribution in [3.63, 3.8) is 0 Å². The van der Waals surface area contributed by atoms with E-state index in [0.717, 1.165) is 60.9 Å². The van der Waals surface area contributed by atoms with Gasteiger partial charge in [-0.15, -0.1) is 10.2 Å². The molecule has 4 aromatic rings. The van der Waals surface area contributed by atoms with E-state index in [1.807, 2.05) is 37.4 Å². The summed E-state index contributed by atoms with van der Waals surface area (Å²) in [6.45, 7) is 5.16. The Hall–Kier alpha value is -3.31. The highest BCUT2D eigenvalue weighted by Gasteiger charge is 2.23. The Morgan fingerprint density at radius 3 is 2.55 bits per heavy atom. The third-order valence-electron chi connectivity index (χ3n) is 6.01. The fourth-order valence-electron chi connectivity index (χ4n) is 4.17. The average Bonchev–Trinajstić information content (AvgIpc) is 3.31. The third-order valence-corrected chi connectivity index (χ3v) is 6.01. The number of likely N-dealkylation sites (tertiary alicyclic amines) is 1. The van der Waals surface area contributed by atoms with Gasteiger partial charge in [0.05, 0.1) is 0 Å². The summed E-state index contributed by atoms with van der Waals surface area (Å²) in [6.07, 6.45) is 4.04. The highest BCUT2D eigenvalue weighted by molar-refractivity contribution is 5.62. The molecule has 0 atom stereocenters. The van der Waals surface area contributed by atoms with E-state index in [-0.39, 0.29) is 0 Å². The van der Waals surface area contributed by atoms with Crippen molar-refractivity contribution in [1.82, 2.24) is 25.1 Å². The minimum absolute atomic E-state index is 0.430. The normalized spacial score (nSPS) is 15.3. The predicted molar refractivity (Wildman–Crippen MR) is 122 cm³/mol. The molecule has 3 heterocycles. The van der Waals surface area contributed by atoms with Crippen LogP contribution in [-0.4, -0.2) is 38.2 Å². The van der Waals surface area contributed by atoms with E-state index in [4.69, 9.17) is 0 Å². The largest absolute Gasteiger partial charge is 0.323 e. The molecule has 5 heteroatoms. The van der Waals surface area contributed by atoms with Gasteiger partial charge in [0, 0.05) is 18.7 Å². The Kier molecular flexibility index (Phi) is 5.59. The molecule has 1 aliphatic heterocycles. The van der Waals surface area contributed by atoms with Gasteiger partial charge in [0.2, 0.25) is 0 Å². The Labute approximate surface area is 183 Å². The molecule has 0 spiro atoms. The summed E-state index contributed by atoms with van der Waals surface area (Å²) in [5.74, 6) is 2.17. The van der Waals surface area contributed by atoms with Crippen LogP contribution in [0.2, 0.25) is 0 Å². The first-order chi connectivity index (χ1) is 15.2. The average molecular weight is 409 g/mol. The summed E-state index contributed by atoms with van der Waals surface area (Å²) in [4.78, 5) is 10.4. The van der Waals surface area contributed by atoms with E-state index in [1.165, 1.54) is 11.1 Å². The number of hydrogen-bond acceptors (Lipinski definition) is 4. The lowest BCUT2D eigenvalue weighted by Crippen LogP contribution is -2.32. The topological polar surface area (TPSA) is 57.7 Å². The summed E-state index contributed by atoms with van der Waals surface area (Å²) in [6, 6.07) is 24.3. The van der Waals surface area contributed by atoms with E-state index < -0.39 is 0 Å². The monoisotopic (exact) mass is 408 g/mol. The van der Waals surface area contributed by atoms with Crippen molar-refractivity contribution in [2.45, 2.75) is 32.2 Å². The van der Waals surface area contributed by atoms with Gasteiger partial charge in [-0.25, -0.2) is 0 Å². The first-order valence-electron chi connectivity index (χ1n) is 10.9. The molecule has 0 unspecified atom stereocenters. The Morgan fingerprint density at radius 2 is 1.84 bits per heavy atom. The number of aromatic amines is 1. The Balaban J connectivity index is 1.17. The van der Waals surface area contributed by atoms with Crippen LogP contribution in [0.4, 0.5) is 0 Å². The maximum absolute atomic E-state index is 4.45. The summed E-state index contributed by atoms with van der Waals surface area (Å²) in [5.41, 5.74) is 5.70. The maximum atomic E-state index is 4.45. The lowest BCUT2D eigenvalue weighted by molar-refractivity contribution is 0.202. The molecule has 5 rings (SSSR count). The van der Waals surface area contributed by atoms with Crippen molar-refractivity contribution < 1.29 is 0 Å². The van der Waals surface area contributed by atoms with Gasteiger partial charge in [-0.3, -0.25) is 9.88 Å². The van der Waals surface area contributed by atoms with E-state index in [1.54, 1.807) is 0 Å². The highest BCUT2D eigenvalue weighted by atomic mass is 15.2. The Bertz CT molecular complexity index is 1110. The maximum Gasteiger partial charge on any atom is 0.179 e. The number of pyridine rings is 1. The predicted octanol–water partition coefficient (Wildman–Crippen LogP) is 5.02. The van der Waals surface area contributed by atoms with Crippen molar-refractivity contribution in [2.75, 3.05) is 13.1 Å². The molecule has 1 saturated heterocycles. The fraction of sp³-hybridized carbons (Fsp3) is 0.269. The van der Waals surface area contributed by atoms with E-state index in [9.17, 15) is 0 Å². The van der Waals surface area contributed by atoms with Gasteiger partial charge >= 0.3 is 0 Å². The number of rotatable bonds is 5. The van der Waals surface area contributed by atoms with Crippen molar-refractivity contribution in [2.24, 2.45) is 0 Å². The van der Waals surface area contributed by atoms with E-state index in [0.29, 0.717) is 5.92 Å². The molecule has 31 heavy (non-hydrogen) atoms. The molecule has 1 N–H and O–H groups in total. The smallest absolute Gasteiger partial charge is 0.179 e. The van der Waals surface area contributed by atoms with Crippen LogP contribution in [0, 0.1) is 13.0 Å². The van der Waals surface area contributed by atoms with Gasteiger partial charge in [-0.1, -0.05) is 54.6 Å². The van der Waals surface area contributed by atoms with Crippen LogP contribution in [0.3, 0.4) is 0 Å². The highest BCUT2D eigenvalue weighted by Crippen LogP contribution is 2.28. The summed E-state index contributed by atoms with van der Waals surface area (Å²) >= 11 is 0. The number of aryl methyl sites for hydroxylation is 1. The number of aromatic nitrogens is 4. The molecular weight excluding hydrogens is 382 g/mol. The van der Waals surface area contributed by atoms with E-state index in [2.05, 4.69) is 67.5 Å². The number of nitrogens with one attached hydrogen (secondary N) is 1. The Morgan fingerprint density at radius 1 is 1.00 bits per heavy atom. The second kappa shape index (κ2) is 8.82. The zero-order valence-electron chi connectivity index (χ0n) is 17.8. The van der Waals surface area contributed by atoms with Crippen LogP contribution in [0.5, 0.6) is 0 Å². The first-order valence-corrected chi connectivity index (χ1v) is 10.9. The molecule has 1 radical (unpaired) electrons. The van der Waals surface area contributed by atoms with Crippen LogP contribution in [0.25, 0.3) is 22.6 Å². The van der Waals surface area contributed by atoms with Gasteiger partial charge in [-0.05, 0) is 67.2 Å². The van der Waals surface area contributed by atoms with Crippen LogP contribution >= 0.6 is 0 Å². The number of nitrogens with zero attached hydrogens (tertiary/aromatic N) is 4.